The van der Waals surface area contributed by atoms with Crippen LogP contribution in [-0.2, 0) is 0 Å². The zero-order valence-electron chi connectivity index (χ0n) is 9.13. The number of fused-ring (bicyclic) bond motifs is 1. The molecule has 0 aliphatic heterocycles. The van der Waals surface area contributed by atoms with Gasteiger partial charge in [0.05, 0.1) is 12.2 Å². The Kier molecular flexibility index (Phi) is 2.61. The second-order valence-electron chi connectivity index (χ2n) is 5.36. The van der Waals surface area contributed by atoms with Crippen molar-refractivity contribution >= 4 is 0 Å². The second kappa shape index (κ2) is 3.49. The van der Waals surface area contributed by atoms with Gasteiger partial charge in [-0.2, -0.15) is 0 Å². The molecule has 2 rings (SSSR count). The van der Waals surface area contributed by atoms with Crippen LogP contribution in [0.5, 0.6) is 0 Å². The summed E-state index contributed by atoms with van der Waals surface area (Å²) in [5, 5.41) is 20.2. The van der Waals surface area contributed by atoms with E-state index < -0.39 is 5.60 Å². The van der Waals surface area contributed by atoms with E-state index in [1.807, 2.05) is 0 Å². The van der Waals surface area contributed by atoms with Crippen LogP contribution in [0.2, 0.25) is 0 Å². The highest BCUT2D eigenvalue weighted by atomic mass is 16.3. The summed E-state index contributed by atoms with van der Waals surface area (Å²) in [5.41, 5.74) is -0.688. The SMILES string of the molecule is CCC1C[C@]2(O)CCCC[C@]2(CO)C1. The lowest BCUT2D eigenvalue weighted by Crippen LogP contribution is -2.48. The van der Waals surface area contributed by atoms with Crippen molar-refractivity contribution in [3.8, 4) is 0 Å². The quantitative estimate of drug-likeness (QED) is 0.713. The Bertz CT molecular complexity index is 216. The minimum atomic E-state index is -0.541. The molecule has 0 saturated heterocycles. The zero-order chi connectivity index (χ0) is 10.2. The summed E-state index contributed by atoms with van der Waals surface area (Å²) in [6.45, 7) is 2.37. The molecule has 2 fully saturated rings. The Labute approximate surface area is 86.3 Å². The summed E-state index contributed by atoms with van der Waals surface area (Å²) in [7, 11) is 0. The normalized spacial score (nSPS) is 47.8. The molecule has 0 spiro atoms. The molecule has 0 heterocycles. The maximum Gasteiger partial charge on any atom is 0.0728 e. The third-order valence-corrected chi connectivity index (χ3v) is 4.67. The van der Waals surface area contributed by atoms with E-state index in [9.17, 15) is 10.2 Å². The average Bonchev–Trinajstić information content (AvgIpc) is 2.51. The fourth-order valence-electron chi connectivity index (χ4n) is 3.67. The van der Waals surface area contributed by atoms with E-state index >= 15 is 0 Å². The molecule has 0 bridgehead atoms. The highest BCUT2D eigenvalue weighted by molar-refractivity contribution is 5.07. The first-order valence-corrected chi connectivity index (χ1v) is 5.99. The minimum absolute atomic E-state index is 0.147. The number of aliphatic hydroxyl groups excluding tert-OH is 1. The van der Waals surface area contributed by atoms with Gasteiger partial charge in [0.1, 0.15) is 0 Å². The molecule has 2 aliphatic carbocycles. The first-order chi connectivity index (χ1) is 6.66. The fraction of sp³-hybridized carbons (Fsp3) is 1.00. The van der Waals surface area contributed by atoms with E-state index in [-0.39, 0.29) is 12.0 Å². The number of aliphatic hydroxyl groups is 2. The van der Waals surface area contributed by atoms with Crippen LogP contribution < -0.4 is 0 Å². The predicted molar refractivity (Wildman–Crippen MR) is 56.0 cm³/mol. The Balaban J connectivity index is 2.23. The lowest BCUT2D eigenvalue weighted by Gasteiger charge is -2.45. The van der Waals surface area contributed by atoms with Crippen molar-refractivity contribution in [2.45, 2.75) is 57.5 Å². The summed E-state index contributed by atoms with van der Waals surface area (Å²) >= 11 is 0. The Hall–Kier alpha value is -0.0800. The summed E-state index contributed by atoms with van der Waals surface area (Å²) < 4.78 is 0. The molecule has 3 atom stereocenters. The maximum absolute atomic E-state index is 10.6. The van der Waals surface area contributed by atoms with Crippen LogP contribution in [0.3, 0.4) is 0 Å². The monoisotopic (exact) mass is 198 g/mol. The molecule has 0 amide bonds. The molecule has 1 unspecified atom stereocenters. The highest BCUT2D eigenvalue weighted by Gasteiger charge is 2.57. The van der Waals surface area contributed by atoms with Crippen molar-refractivity contribution in [1.29, 1.82) is 0 Å². The molecule has 0 aromatic carbocycles. The number of rotatable bonds is 2. The number of hydrogen-bond donors (Lipinski definition) is 2. The van der Waals surface area contributed by atoms with Crippen molar-refractivity contribution < 1.29 is 10.2 Å². The summed E-state index contributed by atoms with van der Waals surface area (Å²) in [5.74, 6) is 0.630. The smallest absolute Gasteiger partial charge is 0.0728 e. The van der Waals surface area contributed by atoms with E-state index in [0.717, 1.165) is 38.5 Å². The second-order valence-corrected chi connectivity index (χ2v) is 5.36. The van der Waals surface area contributed by atoms with Crippen LogP contribution in [0.4, 0.5) is 0 Å². The minimum Gasteiger partial charge on any atom is -0.396 e. The van der Waals surface area contributed by atoms with E-state index in [1.54, 1.807) is 0 Å². The van der Waals surface area contributed by atoms with Gasteiger partial charge >= 0.3 is 0 Å². The van der Waals surface area contributed by atoms with E-state index in [0.29, 0.717) is 5.92 Å². The van der Waals surface area contributed by atoms with Gasteiger partial charge in [-0.05, 0) is 31.6 Å². The first-order valence-electron chi connectivity index (χ1n) is 5.99. The molecule has 2 saturated carbocycles. The molecule has 2 nitrogen and oxygen atoms in total. The van der Waals surface area contributed by atoms with Gasteiger partial charge in [0.25, 0.3) is 0 Å². The Morgan fingerprint density at radius 3 is 2.50 bits per heavy atom. The summed E-state index contributed by atoms with van der Waals surface area (Å²) in [4.78, 5) is 0. The standard InChI is InChI=1S/C12H22O2/c1-2-10-7-11(9-13)5-3-4-6-12(11,14)8-10/h10,13-14H,2-9H2,1H3/t10?,11-,12-/m1/s1. The molecule has 14 heavy (non-hydrogen) atoms. The van der Waals surface area contributed by atoms with Crippen molar-refractivity contribution in [2.24, 2.45) is 11.3 Å². The third kappa shape index (κ3) is 1.31. The molecule has 82 valence electrons. The van der Waals surface area contributed by atoms with Gasteiger partial charge in [0, 0.05) is 5.41 Å². The van der Waals surface area contributed by atoms with Gasteiger partial charge in [0.15, 0.2) is 0 Å². The maximum atomic E-state index is 10.6. The largest absolute Gasteiger partial charge is 0.396 e. The summed E-state index contributed by atoms with van der Waals surface area (Å²) in [6, 6.07) is 0. The Morgan fingerprint density at radius 2 is 1.93 bits per heavy atom. The highest BCUT2D eigenvalue weighted by Crippen LogP contribution is 2.57. The van der Waals surface area contributed by atoms with E-state index in [4.69, 9.17) is 0 Å². The molecular weight excluding hydrogens is 176 g/mol. The van der Waals surface area contributed by atoms with Gasteiger partial charge in [-0.3, -0.25) is 0 Å². The van der Waals surface area contributed by atoms with Gasteiger partial charge in [0.2, 0.25) is 0 Å². The third-order valence-electron chi connectivity index (χ3n) is 4.67. The van der Waals surface area contributed by atoms with Crippen LogP contribution in [0.25, 0.3) is 0 Å². The van der Waals surface area contributed by atoms with E-state index in [1.165, 1.54) is 6.42 Å². The zero-order valence-corrected chi connectivity index (χ0v) is 9.13. The molecule has 2 aliphatic rings. The Morgan fingerprint density at radius 1 is 1.21 bits per heavy atom. The van der Waals surface area contributed by atoms with Crippen LogP contribution in [-0.4, -0.2) is 22.4 Å². The van der Waals surface area contributed by atoms with Gasteiger partial charge < -0.3 is 10.2 Å². The lowest BCUT2D eigenvalue weighted by atomic mass is 9.65. The van der Waals surface area contributed by atoms with Crippen molar-refractivity contribution in [3.63, 3.8) is 0 Å². The van der Waals surface area contributed by atoms with Crippen LogP contribution in [0, 0.1) is 11.3 Å². The summed E-state index contributed by atoms with van der Waals surface area (Å²) in [6.07, 6.45) is 7.35. The van der Waals surface area contributed by atoms with Crippen LogP contribution >= 0.6 is 0 Å². The van der Waals surface area contributed by atoms with Gasteiger partial charge in [-0.15, -0.1) is 0 Å². The van der Waals surface area contributed by atoms with Gasteiger partial charge in [-0.1, -0.05) is 26.2 Å². The van der Waals surface area contributed by atoms with Gasteiger partial charge in [-0.25, -0.2) is 0 Å². The lowest BCUT2D eigenvalue weighted by molar-refractivity contribution is -0.114. The molecule has 0 radical (unpaired) electrons. The molecule has 2 heteroatoms. The van der Waals surface area contributed by atoms with Crippen LogP contribution in [0.15, 0.2) is 0 Å². The van der Waals surface area contributed by atoms with E-state index in [2.05, 4.69) is 6.92 Å². The first kappa shape index (κ1) is 10.4. The molecule has 2 N–H and O–H groups in total. The van der Waals surface area contributed by atoms with Crippen LogP contribution in [0.1, 0.15) is 51.9 Å². The average molecular weight is 198 g/mol. The van der Waals surface area contributed by atoms with Crippen molar-refractivity contribution in [3.05, 3.63) is 0 Å². The van der Waals surface area contributed by atoms with Crippen molar-refractivity contribution in [1.82, 2.24) is 0 Å². The molecular formula is C12H22O2. The molecule has 0 aromatic rings. The number of hydrogen-bond acceptors (Lipinski definition) is 2. The fourth-order valence-corrected chi connectivity index (χ4v) is 3.67. The predicted octanol–water partition coefficient (Wildman–Crippen LogP) is 2.09. The molecule has 0 aromatic heterocycles. The van der Waals surface area contributed by atoms with Crippen molar-refractivity contribution in [2.75, 3.05) is 6.61 Å². The topological polar surface area (TPSA) is 40.5 Å².